The van der Waals surface area contributed by atoms with Gasteiger partial charge in [0.1, 0.15) is 6.33 Å². The predicted molar refractivity (Wildman–Crippen MR) is 174 cm³/mol. The fraction of sp³-hybridized carbons (Fsp3) is 0. The first-order valence-electron chi connectivity index (χ1n) is 14.5. The Morgan fingerprint density at radius 2 is 1.07 bits per heavy atom. The minimum Gasteiger partial charge on any atom is -0.310 e. The molecule has 5 heteroatoms. The number of hydrogen-bond donors (Lipinski definition) is 0. The Kier molecular flexibility index (Phi) is 3.64. The fourth-order valence-electron chi connectivity index (χ4n) is 8.13. The largest absolute Gasteiger partial charge is 0.310 e. The number of imidazole rings is 1. The van der Waals surface area contributed by atoms with Crippen molar-refractivity contribution in [3.8, 4) is 17.1 Å². The standard InChI is InChI=1S/C37H21BN4/c1-4-16-30-23(9-1)24-10-2-5-17-31(24)41(30)22-19-33-35-34(20-22)42-32-18-6-3-11-25(32)26-12-7-13-27(36(26)42)38(35)28-14-8-15-29-37(28)40(33)21-39-29/h1-21H. The van der Waals surface area contributed by atoms with Crippen LogP contribution >= 0.6 is 0 Å². The number of benzene rings is 6. The second-order valence-electron chi connectivity index (χ2n) is 11.6. The van der Waals surface area contributed by atoms with Gasteiger partial charge in [0.25, 0.3) is 6.71 Å². The highest BCUT2D eigenvalue weighted by Crippen LogP contribution is 2.38. The minimum atomic E-state index is 0.135. The maximum Gasteiger partial charge on any atom is 0.252 e. The summed E-state index contributed by atoms with van der Waals surface area (Å²) in [7, 11) is 0. The van der Waals surface area contributed by atoms with E-state index < -0.39 is 0 Å². The van der Waals surface area contributed by atoms with E-state index in [1.807, 2.05) is 6.33 Å². The summed E-state index contributed by atoms with van der Waals surface area (Å²) in [5.74, 6) is 0. The monoisotopic (exact) mass is 532 g/mol. The van der Waals surface area contributed by atoms with Crippen LogP contribution in [0.25, 0.3) is 71.7 Å². The summed E-state index contributed by atoms with van der Waals surface area (Å²) in [6.07, 6.45) is 2.01. The Morgan fingerprint density at radius 3 is 1.81 bits per heavy atom. The van der Waals surface area contributed by atoms with Crippen LogP contribution in [-0.2, 0) is 0 Å². The average molecular weight is 532 g/mol. The summed E-state index contributed by atoms with van der Waals surface area (Å²) in [5, 5.41) is 5.14. The molecule has 0 saturated carbocycles. The molecule has 0 fully saturated rings. The molecule has 192 valence electrons. The Bertz CT molecular complexity index is 2600. The maximum atomic E-state index is 4.89. The fourth-order valence-corrected chi connectivity index (χ4v) is 8.13. The van der Waals surface area contributed by atoms with Crippen LogP contribution in [0.5, 0.6) is 0 Å². The Labute approximate surface area is 240 Å². The van der Waals surface area contributed by atoms with Crippen molar-refractivity contribution in [1.82, 2.24) is 18.7 Å². The van der Waals surface area contributed by atoms with Crippen LogP contribution in [0, 0.1) is 0 Å². The molecule has 0 aliphatic carbocycles. The summed E-state index contributed by atoms with van der Waals surface area (Å²) >= 11 is 0. The first-order chi connectivity index (χ1) is 20.9. The third-order valence-corrected chi connectivity index (χ3v) is 9.70. The van der Waals surface area contributed by atoms with Crippen molar-refractivity contribution >= 4 is 77.7 Å². The van der Waals surface area contributed by atoms with E-state index in [4.69, 9.17) is 4.98 Å². The van der Waals surface area contributed by atoms with Crippen molar-refractivity contribution < 1.29 is 0 Å². The van der Waals surface area contributed by atoms with Gasteiger partial charge >= 0.3 is 0 Å². The lowest BCUT2D eigenvalue weighted by Crippen LogP contribution is -2.59. The average Bonchev–Trinajstić information content (AvgIpc) is 3.73. The summed E-state index contributed by atoms with van der Waals surface area (Å²) < 4.78 is 7.29. The van der Waals surface area contributed by atoms with Crippen LogP contribution in [0.4, 0.5) is 0 Å². The van der Waals surface area contributed by atoms with Crippen LogP contribution in [0.2, 0.25) is 0 Å². The molecule has 11 rings (SSSR count). The molecule has 0 bridgehead atoms. The first-order valence-corrected chi connectivity index (χ1v) is 14.5. The van der Waals surface area contributed by atoms with Crippen molar-refractivity contribution in [2.45, 2.75) is 0 Å². The van der Waals surface area contributed by atoms with Gasteiger partial charge in [0.05, 0.1) is 33.3 Å². The van der Waals surface area contributed by atoms with Gasteiger partial charge in [0.15, 0.2) is 0 Å². The van der Waals surface area contributed by atoms with Crippen molar-refractivity contribution in [2.75, 3.05) is 0 Å². The van der Waals surface area contributed by atoms with Gasteiger partial charge < -0.3 is 9.13 Å². The van der Waals surface area contributed by atoms with Crippen LogP contribution in [0.3, 0.4) is 0 Å². The molecule has 2 aliphatic heterocycles. The van der Waals surface area contributed by atoms with E-state index in [1.165, 1.54) is 76.9 Å². The number of aromatic nitrogens is 4. The summed E-state index contributed by atoms with van der Waals surface area (Å²) in [5.41, 5.74) is 14.9. The second kappa shape index (κ2) is 7.20. The van der Waals surface area contributed by atoms with Crippen molar-refractivity contribution in [2.24, 2.45) is 0 Å². The van der Waals surface area contributed by atoms with Crippen LogP contribution < -0.4 is 16.4 Å². The van der Waals surface area contributed by atoms with E-state index in [2.05, 4.69) is 135 Å². The van der Waals surface area contributed by atoms with E-state index in [-0.39, 0.29) is 6.71 Å². The van der Waals surface area contributed by atoms with Gasteiger partial charge in [0.2, 0.25) is 0 Å². The number of fused-ring (bicyclic) bond motifs is 10. The van der Waals surface area contributed by atoms with E-state index in [1.54, 1.807) is 0 Å². The smallest absolute Gasteiger partial charge is 0.252 e. The number of hydrogen-bond acceptors (Lipinski definition) is 1. The predicted octanol–water partition coefficient (Wildman–Crippen LogP) is 6.36. The van der Waals surface area contributed by atoms with Gasteiger partial charge in [-0.1, -0.05) is 84.9 Å². The van der Waals surface area contributed by atoms with Gasteiger partial charge in [-0.2, -0.15) is 0 Å². The zero-order chi connectivity index (χ0) is 27.1. The van der Waals surface area contributed by atoms with Crippen LogP contribution in [0.1, 0.15) is 0 Å². The zero-order valence-electron chi connectivity index (χ0n) is 22.5. The summed E-state index contributed by atoms with van der Waals surface area (Å²) in [6, 6.07) is 44.6. The van der Waals surface area contributed by atoms with Gasteiger partial charge in [0, 0.05) is 38.4 Å². The number of nitrogens with zero attached hydrogens (tertiary/aromatic N) is 4. The molecule has 4 nitrogen and oxygen atoms in total. The third kappa shape index (κ3) is 2.34. The molecule has 0 amide bonds. The van der Waals surface area contributed by atoms with E-state index in [9.17, 15) is 0 Å². The van der Waals surface area contributed by atoms with Gasteiger partial charge in [-0.3, -0.25) is 4.57 Å². The lowest BCUT2D eigenvalue weighted by atomic mass is 9.34. The lowest BCUT2D eigenvalue weighted by molar-refractivity contribution is 1.07. The molecule has 0 radical (unpaired) electrons. The Balaban J connectivity index is 1.38. The number of rotatable bonds is 1. The maximum absolute atomic E-state index is 4.89. The molecule has 5 heterocycles. The third-order valence-electron chi connectivity index (χ3n) is 9.70. The highest BCUT2D eigenvalue weighted by molar-refractivity contribution is 7.00. The quantitative estimate of drug-likeness (QED) is 0.226. The first kappa shape index (κ1) is 21.2. The van der Waals surface area contributed by atoms with Crippen molar-refractivity contribution in [1.29, 1.82) is 0 Å². The molecule has 9 aromatic rings. The van der Waals surface area contributed by atoms with E-state index in [0.29, 0.717) is 0 Å². The van der Waals surface area contributed by atoms with Crippen LogP contribution in [-0.4, -0.2) is 25.4 Å². The normalized spacial score (nSPS) is 13.2. The topological polar surface area (TPSA) is 27.7 Å². The Hall–Kier alpha value is -5.55. The van der Waals surface area contributed by atoms with Crippen molar-refractivity contribution in [3.05, 3.63) is 128 Å². The highest BCUT2D eigenvalue weighted by Gasteiger charge is 2.40. The lowest BCUT2D eigenvalue weighted by Gasteiger charge is -2.33. The van der Waals surface area contributed by atoms with Crippen LogP contribution in [0.15, 0.2) is 128 Å². The molecular formula is C37H21BN4. The second-order valence-corrected chi connectivity index (χ2v) is 11.6. The zero-order valence-corrected chi connectivity index (χ0v) is 22.5. The van der Waals surface area contributed by atoms with E-state index in [0.717, 1.165) is 11.2 Å². The molecule has 3 aromatic heterocycles. The van der Waals surface area contributed by atoms with Gasteiger partial charge in [-0.25, -0.2) is 4.98 Å². The summed E-state index contributed by atoms with van der Waals surface area (Å²) in [4.78, 5) is 4.89. The molecule has 2 aliphatic rings. The molecule has 0 unspecified atom stereocenters. The van der Waals surface area contributed by atoms with Crippen molar-refractivity contribution in [3.63, 3.8) is 0 Å². The summed E-state index contributed by atoms with van der Waals surface area (Å²) in [6.45, 7) is 0.135. The van der Waals surface area contributed by atoms with E-state index >= 15 is 0 Å². The molecule has 6 aromatic carbocycles. The highest BCUT2D eigenvalue weighted by atomic mass is 15.1. The van der Waals surface area contributed by atoms with Gasteiger partial charge in [-0.05, 0) is 52.8 Å². The van der Waals surface area contributed by atoms with Gasteiger partial charge in [-0.15, -0.1) is 0 Å². The molecule has 0 spiro atoms. The SMILES string of the molecule is c1cc2c3c(c1)ncn3-c1cc(-n3c4ccccc4c4ccccc43)cc3c1B2c1cccc2c4ccccc4n-3c12. The molecule has 0 saturated heterocycles. The molecule has 42 heavy (non-hydrogen) atoms. The Morgan fingerprint density at radius 1 is 0.500 bits per heavy atom. The number of para-hydroxylation sites is 5. The molecular weight excluding hydrogens is 511 g/mol. The molecule has 0 atom stereocenters. The minimum absolute atomic E-state index is 0.135. The molecule has 0 N–H and O–H groups in total.